The maximum absolute atomic E-state index is 14.4. The maximum Gasteiger partial charge on any atom is 0.314 e. The van der Waals surface area contributed by atoms with Crippen LogP contribution in [0.25, 0.3) is 0 Å². The first-order valence-corrected chi connectivity index (χ1v) is 6.22. The van der Waals surface area contributed by atoms with Crippen LogP contribution in [0.1, 0.15) is 36.8 Å². The van der Waals surface area contributed by atoms with Gasteiger partial charge in [0.05, 0.1) is 12.0 Å². The van der Waals surface area contributed by atoms with Gasteiger partial charge in [0, 0.05) is 18.2 Å². The summed E-state index contributed by atoms with van der Waals surface area (Å²) in [7, 11) is 1.34. The van der Waals surface area contributed by atoms with E-state index in [0.29, 0.717) is 12.8 Å². The Balaban J connectivity index is 2.55. The van der Waals surface area contributed by atoms with E-state index >= 15 is 0 Å². The van der Waals surface area contributed by atoms with Gasteiger partial charge in [0.15, 0.2) is 0 Å². The standard InChI is InChI=1S/C14H16F2O3/c1-19-8-9-11(15)5-4-10(12(9)16)14(13(17)18)6-2-3-7-14/h4-5H,2-3,6-8H2,1H3,(H,17,18). The van der Waals surface area contributed by atoms with Crippen molar-refractivity contribution < 1.29 is 23.4 Å². The van der Waals surface area contributed by atoms with Gasteiger partial charge in [-0.3, -0.25) is 4.79 Å². The van der Waals surface area contributed by atoms with Gasteiger partial charge in [-0.2, -0.15) is 0 Å². The molecule has 3 nitrogen and oxygen atoms in total. The molecule has 2 rings (SSSR count). The highest BCUT2D eigenvalue weighted by Gasteiger charge is 2.45. The number of hydrogen-bond donors (Lipinski definition) is 1. The van der Waals surface area contributed by atoms with E-state index in [0.717, 1.165) is 18.9 Å². The van der Waals surface area contributed by atoms with Crippen molar-refractivity contribution in [3.8, 4) is 0 Å². The van der Waals surface area contributed by atoms with Gasteiger partial charge in [0.1, 0.15) is 11.6 Å². The lowest BCUT2D eigenvalue weighted by atomic mass is 9.78. The number of carboxylic acid groups (broad SMARTS) is 1. The first-order chi connectivity index (χ1) is 9.03. The van der Waals surface area contributed by atoms with Crippen LogP contribution >= 0.6 is 0 Å². The average molecular weight is 270 g/mol. The Morgan fingerprint density at radius 3 is 2.53 bits per heavy atom. The van der Waals surface area contributed by atoms with Crippen LogP contribution in [-0.2, 0) is 21.6 Å². The Kier molecular flexibility index (Phi) is 3.85. The van der Waals surface area contributed by atoms with Crippen LogP contribution in [0.3, 0.4) is 0 Å². The molecule has 0 saturated heterocycles. The fourth-order valence-corrected chi connectivity index (χ4v) is 2.82. The lowest BCUT2D eigenvalue weighted by Crippen LogP contribution is -2.34. The maximum atomic E-state index is 14.4. The average Bonchev–Trinajstić information content (AvgIpc) is 2.85. The van der Waals surface area contributed by atoms with Crippen LogP contribution in [0.15, 0.2) is 12.1 Å². The molecule has 0 aliphatic heterocycles. The number of ether oxygens (including phenoxy) is 1. The molecule has 104 valence electrons. The first kappa shape index (κ1) is 13.9. The second kappa shape index (κ2) is 5.25. The summed E-state index contributed by atoms with van der Waals surface area (Å²) in [5.41, 5.74) is -1.35. The monoisotopic (exact) mass is 270 g/mol. The predicted molar refractivity (Wildman–Crippen MR) is 64.9 cm³/mol. The minimum absolute atomic E-state index is 0.0750. The Bertz CT molecular complexity index is 494. The smallest absolute Gasteiger partial charge is 0.314 e. The fraction of sp³-hybridized carbons (Fsp3) is 0.500. The lowest BCUT2D eigenvalue weighted by Gasteiger charge is -2.25. The molecule has 1 fully saturated rings. The van der Waals surface area contributed by atoms with Crippen LogP contribution < -0.4 is 0 Å². The molecule has 19 heavy (non-hydrogen) atoms. The molecular weight excluding hydrogens is 254 g/mol. The number of methoxy groups -OCH3 is 1. The largest absolute Gasteiger partial charge is 0.481 e. The highest BCUT2D eigenvalue weighted by atomic mass is 19.1. The van der Waals surface area contributed by atoms with Crippen molar-refractivity contribution in [2.24, 2.45) is 0 Å². The number of halogens is 2. The van der Waals surface area contributed by atoms with Crippen LogP contribution in [0.5, 0.6) is 0 Å². The van der Waals surface area contributed by atoms with Crippen LogP contribution in [0.2, 0.25) is 0 Å². The summed E-state index contributed by atoms with van der Waals surface area (Å²) in [5, 5.41) is 9.44. The number of hydrogen-bond acceptors (Lipinski definition) is 2. The molecule has 0 heterocycles. The minimum atomic E-state index is -1.22. The van der Waals surface area contributed by atoms with E-state index in [1.807, 2.05) is 0 Å². The number of carboxylic acids is 1. The van der Waals surface area contributed by atoms with E-state index in [1.54, 1.807) is 0 Å². The molecule has 1 N–H and O–H groups in total. The lowest BCUT2D eigenvalue weighted by molar-refractivity contribution is -0.143. The highest BCUT2D eigenvalue weighted by Crippen LogP contribution is 2.43. The van der Waals surface area contributed by atoms with E-state index in [-0.39, 0.29) is 17.7 Å². The van der Waals surface area contributed by atoms with E-state index in [4.69, 9.17) is 4.74 Å². The van der Waals surface area contributed by atoms with Gasteiger partial charge in [-0.1, -0.05) is 18.9 Å². The van der Waals surface area contributed by atoms with Crippen molar-refractivity contribution >= 4 is 5.97 Å². The predicted octanol–water partition coefficient (Wildman–Crippen LogP) is 3.01. The zero-order chi connectivity index (χ0) is 14.0. The van der Waals surface area contributed by atoms with Gasteiger partial charge in [0.2, 0.25) is 0 Å². The summed E-state index contributed by atoms with van der Waals surface area (Å²) in [6, 6.07) is 2.37. The molecule has 1 aliphatic rings. The van der Waals surface area contributed by atoms with Crippen molar-refractivity contribution in [2.75, 3.05) is 7.11 Å². The molecule has 0 radical (unpaired) electrons. The van der Waals surface area contributed by atoms with E-state index in [9.17, 15) is 18.7 Å². The summed E-state index contributed by atoms with van der Waals surface area (Å²) in [5.74, 6) is -2.54. The SMILES string of the molecule is COCc1c(F)ccc(C2(C(=O)O)CCCC2)c1F. The molecule has 1 saturated carbocycles. The normalized spacial score (nSPS) is 17.6. The van der Waals surface area contributed by atoms with Gasteiger partial charge in [-0.25, -0.2) is 8.78 Å². The molecule has 1 aromatic carbocycles. The topological polar surface area (TPSA) is 46.5 Å². The third-order valence-corrected chi connectivity index (χ3v) is 3.86. The van der Waals surface area contributed by atoms with Crippen LogP contribution in [0, 0.1) is 11.6 Å². The second-order valence-corrected chi connectivity index (χ2v) is 4.91. The molecule has 5 heteroatoms. The third kappa shape index (κ3) is 2.23. The minimum Gasteiger partial charge on any atom is -0.481 e. The molecular formula is C14H16F2O3. The molecule has 1 aromatic rings. The molecule has 0 bridgehead atoms. The van der Waals surface area contributed by atoms with Crippen molar-refractivity contribution in [1.82, 2.24) is 0 Å². The van der Waals surface area contributed by atoms with Gasteiger partial charge in [0.25, 0.3) is 0 Å². The van der Waals surface area contributed by atoms with Crippen molar-refractivity contribution in [1.29, 1.82) is 0 Å². The molecule has 0 spiro atoms. The molecule has 0 aromatic heterocycles. The molecule has 0 unspecified atom stereocenters. The van der Waals surface area contributed by atoms with Gasteiger partial charge >= 0.3 is 5.97 Å². The Labute approximate surface area is 110 Å². The third-order valence-electron chi connectivity index (χ3n) is 3.86. The van der Waals surface area contributed by atoms with Crippen molar-refractivity contribution in [3.63, 3.8) is 0 Å². The van der Waals surface area contributed by atoms with Crippen molar-refractivity contribution in [3.05, 3.63) is 34.9 Å². The molecule has 0 atom stereocenters. The number of carbonyl (C=O) groups is 1. The van der Waals surface area contributed by atoms with Crippen molar-refractivity contribution in [2.45, 2.75) is 37.7 Å². The van der Waals surface area contributed by atoms with Crippen LogP contribution in [-0.4, -0.2) is 18.2 Å². The summed E-state index contributed by atoms with van der Waals surface area (Å²) in [6.07, 6.45) is 2.25. The number of rotatable bonds is 4. The first-order valence-electron chi connectivity index (χ1n) is 6.22. The zero-order valence-electron chi connectivity index (χ0n) is 10.7. The fourth-order valence-electron chi connectivity index (χ4n) is 2.82. The number of benzene rings is 1. The Morgan fingerprint density at radius 1 is 1.37 bits per heavy atom. The van der Waals surface area contributed by atoms with Crippen LogP contribution in [0.4, 0.5) is 8.78 Å². The summed E-state index contributed by atoms with van der Waals surface area (Å²) < 4.78 is 32.7. The summed E-state index contributed by atoms with van der Waals surface area (Å²) in [4.78, 5) is 11.5. The second-order valence-electron chi connectivity index (χ2n) is 4.91. The quantitative estimate of drug-likeness (QED) is 0.914. The summed E-state index contributed by atoms with van der Waals surface area (Å²) in [6.45, 7) is -0.207. The zero-order valence-corrected chi connectivity index (χ0v) is 10.7. The van der Waals surface area contributed by atoms with E-state index in [2.05, 4.69) is 0 Å². The molecule has 0 amide bonds. The summed E-state index contributed by atoms with van der Waals surface area (Å²) >= 11 is 0. The number of aliphatic carboxylic acids is 1. The Morgan fingerprint density at radius 2 is 2.00 bits per heavy atom. The van der Waals surface area contributed by atoms with E-state index < -0.39 is 23.0 Å². The highest BCUT2D eigenvalue weighted by molar-refractivity contribution is 5.82. The van der Waals surface area contributed by atoms with Gasteiger partial charge in [-0.05, 0) is 18.9 Å². The Hall–Kier alpha value is -1.49. The van der Waals surface area contributed by atoms with E-state index in [1.165, 1.54) is 13.2 Å². The van der Waals surface area contributed by atoms with Gasteiger partial charge < -0.3 is 9.84 Å². The van der Waals surface area contributed by atoms with Gasteiger partial charge in [-0.15, -0.1) is 0 Å². The molecule has 1 aliphatic carbocycles.